The molecule has 0 bridgehead atoms. The van der Waals surface area contributed by atoms with Crippen molar-refractivity contribution in [3.05, 3.63) is 51.6 Å². The van der Waals surface area contributed by atoms with Gasteiger partial charge in [0.2, 0.25) is 5.78 Å². The Kier molecular flexibility index (Phi) is 6.13. The first kappa shape index (κ1) is 23.4. The number of carbonyl (C=O) groups is 3. The second-order valence-electron chi connectivity index (χ2n) is 7.78. The lowest BCUT2D eigenvalue weighted by atomic mass is 9.69. The number of aliphatic hydroxyl groups is 2. The third-order valence-electron chi connectivity index (χ3n) is 6.03. The lowest BCUT2D eigenvalue weighted by Crippen LogP contribution is -2.46. The van der Waals surface area contributed by atoms with E-state index in [2.05, 4.69) is 0 Å². The number of phenols is 2. The highest BCUT2D eigenvalue weighted by molar-refractivity contribution is 6.31. The van der Waals surface area contributed by atoms with Crippen LogP contribution in [0.2, 0.25) is 0 Å². The van der Waals surface area contributed by atoms with Crippen molar-refractivity contribution >= 4 is 17.3 Å². The van der Waals surface area contributed by atoms with Crippen LogP contribution in [0.5, 0.6) is 17.2 Å². The Labute approximate surface area is 185 Å². The maximum atomic E-state index is 13.2. The molecule has 0 radical (unpaired) electrons. The van der Waals surface area contributed by atoms with Crippen LogP contribution in [-0.2, 0) is 11.2 Å². The van der Waals surface area contributed by atoms with Gasteiger partial charge in [0.25, 0.3) is 0 Å². The third-order valence-corrected chi connectivity index (χ3v) is 6.03. The first-order valence-corrected chi connectivity index (χ1v) is 10.4. The van der Waals surface area contributed by atoms with Crippen molar-refractivity contribution in [1.82, 2.24) is 0 Å². The average molecular weight is 442 g/mol. The van der Waals surface area contributed by atoms with Gasteiger partial charge in [-0.05, 0) is 18.4 Å². The molecule has 0 saturated carbocycles. The van der Waals surface area contributed by atoms with Gasteiger partial charge in [0.05, 0.1) is 23.8 Å². The summed E-state index contributed by atoms with van der Waals surface area (Å²) in [7, 11) is 1.36. The summed E-state index contributed by atoms with van der Waals surface area (Å²) >= 11 is 0. The van der Waals surface area contributed by atoms with Gasteiger partial charge in [0.1, 0.15) is 29.5 Å². The molecule has 4 rings (SSSR count). The van der Waals surface area contributed by atoms with E-state index >= 15 is 0 Å². The fourth-order valence-electron chi connectivity index (χ4n) is 4.66. The van der Waals surface area contributed by atoms with Crippen molar-refractivity contribution in [3.8, 4) is 17.2 Å². The standard InChI is InChI=1S/C22H20O8.C2H6/c1-9-6-22(29,13(24)8-23)7-11-14(9)20(27)17-16(19(11)26)18(25)10-4-3-5-12(30-2)15(10)21(17)28;1-2/h3-5,9,23,26-27,29H,6-8H2,1-2H3;1-2H3/t9-,22+;/m0./s1. The van der Waals surface area contributed by atoms with Crippen LogP contribution in [0, 0.1) is 0 Å². The van der Waals surface area contributed by atoms with Crippen LogP contribution in [0.1, 0.15) is 76.1 Å². The molecule has 2 aromatic rings. The van der Waals surface area contributed by atoms with Crippen molar-refractivity contribution < 1.29 is 39.5 Å². The van der Waals surface area contributed by atoms with Gasteiger partial charge < -0.3 is 25.2 Å². The van der Waals surface area contributed by atoms with Crippen LogP contribution in [-0.4, -0.2) is 57.1 Å². The zero-order chi connectivity index (χ0) is 24.0. The maximum absolute atomic E-state index is 13.2. The van der Waals surface area contributed by atoms with E-state index in [1.807, 2.05) is 13.8 Å². The van der Waals surface area contributed by atoms with Crippen molar-refractivity contribution in [1.29, 1.82) is 0 Å². The molecule has 2 aliphatic carbocycles. The van der Waals surface area contributed by atoms with E-state index in [-0.39, 0.29) is 45.6 Å². The van der Waals surface area contributed by atoms with Crippen LogP contribution in [0.15, 0.2) is 18.2 Å². The number of methoxy groups -OCH3 is 1. The highest BCUT2D eigenvalue weighted by atomic mass is 16.5. The number of hydrogen-bond donors (Lipinski definition) is 4. The molecule has 0 saturated heterocycles. The van der Waals surface area contributed by atoms with Gasteiger partial charge in [0, 0.05) is 23.1 Å². The summed E-state index contributed by atoms with van der Waals surface area (Å²) in [6.07, 6.45) is -0.515. The Bertz CT molecular complexity index is 1130. The molecule has 32 heavy (non-hydrogen) atoms. The average Bonchev–Trinajstić information content (AvgIpc) is 2.79. The van der Waals surface area contributed by atoms with Crippen LogP contribution >= 0.6 is 0 Å². The van der Waals surface area contributed by atoms with Crippen molar-refractivity contribution in [2.24, 2.45) is 0 Å². The molecule has 0 heterocycles. The molecular formula is C24H26O8. The third kappa shape index (κ3) is 3.18. The summed E-state index contributed by atoms with van der Waals surface area (Å²) in [6, 6.07) is 4.47. The molecule has 0 aliphatic heterocycles. The number of hydrogen-bond acceptors (Lipinski definition) is 8. The number of ether oxygens (including phenoxy) is 1. The van der Waals surface area contributed by atoms with Crippen molar-refractivity contribution in [2.75, 3.05) is 13.7 Å². The van der Waals surface area contributed by atoms with Crippen LogP contribution in [0.3, 0.4) is 0 Å². The van der Waals surface area contributed by atoms with Gasteiger partial charge in [0.15, 0.2) is 11.6 Å². The van der Waals surface area contributed by atoms with Gasteiger partial charge >= 0.3 is 0 Å². The number of aliphatic hydroxyl groups excluding tert-OH is 1. The van der Waals surface area contributed by atoms with Gasteiger partial charge in [-0.15, -0.1) is 0 Å². The summed E-state index contributed by atoms with van der Waals surface area (Å²) in [5, 5.41) is 41.9. The summed E-state index contributed by atoms with van der Waals surface area (Å²) in [5.41, 5.74) is -2.41. The Hall–Kier alpha value is -3.23. The SMILES string of the molecule is CC.COc1cccc2c1C(=O)c1c(O)c3c(c(O)c1C2=O)C[C@@](O)(C(=O)CO)C[C@@H]3C. The molecule has 0 aromatic heterocycles. The number of ketones is 3. The number of Topliss-reactive ketones (excluding diaryl/α,β-unsaturated/α-hetero) is 1. The van der Waals surface area contributed by atoms with Crippen LogP contribution in [0.4, 0.5) is 0 Å². The Balaban J connectivity index is 0.00000141. The number of phenolic OH excluding ortho intramolecular Hbond substituents is 2. The summed E-state index contributed by atoms with van der Waals surface area (Å²) in [6.45, 7) is 4.73. The summed E-state index contributed by atoms with van der Waals surface area (Å²) in [4.78, 5) is 38.5. The minimum Gasteiger partial charge on any atom is -0.507 e. The minimum absolute atomic E-state index is 0.00238. The van der Waals surface area contributed by atoms with Crippen molar-refractivity contribution in [2.45, 2.75) is 45.1 Å². The first-order chi connectivity index (χ1) is 15.2. The molecule has 0 spiro atoms. The summed E-state index contributed by atoms with van der Waals surface area (Å²) < 4.78 is 5.20. The second kappa shape index (κ2) is 8.37. The predicted molar refractivity (Wildman–Crippen MR) is 115 cm³/mol. The van der Waals surface area contributed by atoms with E-state index in [1.165, 1.54) is 25.3 Å². The number of aromatic hydroxyl groups is 2. The van der Waals surface area contributed by atoms with Crippen molar-refractivity contribution in [3.63, 3.8) is 0 Å². The fraction of sp³-hybridized carbons (Fsp3) is 0.375. The quantitative estimate of drug-likeness (QED) is 0.453. The first-order valence-electron chi connectivity index (χ1n) is 10.4. The highest BCUT2D eigenvalue weighted by Gasteiger charge is 2.47. The Morgan fingerprint density at radius 1 is 1.09 bits per heavy atom. The molecule has 2 aromatic carbocycles. The number of rotatable bonds is 3. The molecule has 170 valence electrons. The van der Waals surface area contributed by atoms with Crippen LogP contribution < -0.4 is 4.74 Å². The summed E-state index contributed by atoms with van der Waals surface area (Å²) in [5.74, 6) is -3.64. The minimum atomic E-state index is -1.96. The Morgan fingerprint density at radius 2 is 1.72 bits per heavy atom. The van der Waals surface area contributed by atoms with E-state index in [0.29, 0.717) is 0 Å². The van der Waals surface area contributed by atoms with Gasteiger partial charge in [-0.25, -0.2) is 0 Å². The van der Waals surface area contributed by atoms with E-state index in [4.69, 9.17) is 4.74 Å². The van der Waals surface area contributed by atoms with E-state index < -0.39 is 53.4 Å². The van der Waals surface area contributed by atoms with Gasteiger partial charge in [-0.1, -0.05) is 32.9 Å². The maximum Gasteiger partial charge on any atom is 0.202 e. The predicted octanol–water partition coefficient (Wildman–Crippen LogP) is 2.25. The lowest BCUT2D eigenvalue weighted by Gasteiger charge is -2.37. The highest BCUT2D eigenvalue weighted by Crippen LogP contribution is 2.51. The van der Waals surface area contributed by atoms with Crippen LogP contribution in [0.25, 0.3) is 0 Å². The molecular weight excluding hydrogens is 416 g/mol. The topological polar surface area (TPSA) is 141 Å². The molecule has 2 aliphatic rings. The molecule has 0 unspecified atom stereocenters. The number of fused-ring (bicyclic) bond motifs is 3. The smallest absolute Gasteiger partial charge is 0.202 e. The van der Waals surface area contributed by atoms with Gasteiger partial charge in [-0.3, -0.25) is 14.4 Å². The normalized spacial score (nSPS) is 21.0. The zero-order valence-electron chi connectivity index (χ0n) is 18.4. The van der Waals surface area contributed by atoms with Gasteiger partial charge in [-0.2, -0.15) is 0 Å². The molecule has 8 nitrogen and oxygen atoms in total. The monoisotopic (exact) mass is 442 g/mol. The van der Waals surface area contributed by atoms with E-state index in [0.717, 1.165) is 0 Å². The largest absolute Gasteiger partial charge is 0.507 e. The van der Waals surface area contributed by atoms with E-state index in [9.17, 15) is 34.8 Å². The fourth-order valence-corrected chi connectivity index (χ4v) is 4.66. The molecule has 0 fully saturated rings. The Morgan fingerprint density at radius 3 is 2.31 bits per heavy atom. The zero-order valence-corrected chi connectivity index (χ0v) is 18.4. The number of benzene rings is 2. The lowest BCUT2D eigenvalue weighted by molar-refractivity contribution is -0.142. The van der Waals surface area contributed by atoms with E-state index in [1.54, 1.807) is 6.92 Å². The second-order valence-corrected chi connectivity index (χ2v) is 7.78. The molecule has 4 N–H and O–H groups in total. The number of carbonyl (C=O) groups excluding carboxylic acids is 3. The molecule has 0 amide bonds. The molecule has 2 atom stereocenters. The molecule has 8 heteroatoms.